The Morgan fingerprint density at radius 2 is 1.65 bits per heavy atom. The zero-order valence-corrected chi connectivity index (χ0v) is 9.09. The van der Waals surface area contributed by atoms with E-state index in [0.29, 0.717) is 0 Å². The number of aliphatic carboxylic acids is 2. The topological polar surface area (TPSA) is 129 Å². The van der Waals surface area contributed by atoms with E-state index in [1.807, 2.05) is 0 Å². The molecule has 0 atom stereocenters. The minimum Gasteiger partial charge on any atom is -0.480 e. The van der Waals surface area contributed by atoms with Gasteiger partial charge in [-0.2, -0.15) is 8.42 Å². The molecule has 0 fully saturated rings. The van der Waals surface area contributed by atoms with Crippen LogP contribution in [0.2, 0.25) is 0 Å². The van der Waals surface area contributed by atoms with Crippen LogP contribution in [0.25, 0.3) is 0 Å². The van der Waals surface area contributed by atoms with Crippen molar-refractivity contribution in [2.75, 3.05) is 0 Å². The van der Waals surface area contributed by atoms with Gasteiger partial charge in [-0.05, 0) is 17.7 Å². The second-order valence-corrected chi connectivity index (χ2v) is 4.58. The highest BCUT2D eigenvalue weighted by Crippen LogP contribution is 2.20. The molecule has 0 saturated carbocycles. The van der Waals surface area contributed by atoms with Crippen molar-refractivity contribution in [1.29, 1.82) is 0 Å². The van der Waals surface area contributed by atoms with E-state index in [-0.39, 0.29) is 5.56 Å². The van der Waals surface area contributed by atoms with Gasteiger partial charge in [-0.25, -0.2) is 0 Å². The molecule has 17 heavy (non-hydrogen) atoms. The third-order valence-corrected chi connectivity index (χ3v) is 2.83. The number of carbonyl (C=O) groups is 2. The fourth-order valence-electron chi connectivity index (χ4n) is 1.25. The molecule has 0 aromatic heterocycles. The van der Waals surface area contributed by atoms with Gasteiger partial charge in [0.25, 0.3) is 10.1 Å². The third kappa shape index (κ3) is 3.02. The Labute approximate surface area is 96.1 Å². The molecule has 0 heterocycles. The molecule has 0 amide bonds. The van der Waals surface area contributed by atoms with Gasteiger partial charge in [0.2, 0.25) is 0 Å². The number of hydrogen-bond acceptors (Lipinski definition) is 4. The fraction of sp³-hybridized carbons (Fsp3) is 0.111. The van der Waals surface area contributed by atoms with Gasteiger partial charge in [0.1, 0.15) is 0 Å². The predicted molar refractivity (Wildman–Crippen MR) is 54.3 cm³/mol. The van der Waals surface area contributed by atoms with Crippen LogP contribution in [-0.2, 0) is 19.7 Å². The molecule has 0 spiro atoms. The van der Waals surface area contributed by atoms with E-state index in [0.717, 1.165) is 24.3 Å². The van der Waals surface area contributed by atoms with Gasteiger partial charge in [-0.1, -0.05) is 12.1 Å². The fourth-order valence-corrected chi connectivity index (χ4v) is 1.78. The molecule has 92 valence electrons. The van der Waals surface area contributed by atoms with Crippen LogP contribution in [0.3, 0.4) is 0 Å². The van der Waals surface area contributed by atoms with Crippen molar-refractivity contribution in [3.05, 3.63) is 29.8 Å². The second-order valence-electron chi connectivity index (χ2n) is 3.16. The van der Waals surface area contributed by atoms with Gasteiger partial charge in [-0.15, -0.1) is 0 Å². The number of carboxylic acid groups (broad SMARTS) is 2. The van der Waals surface area contributed by atoms with Crippen molar-refractivity contribution in [2.24, 2.45) is 0 Å². The Kier molecular flexibility index (Phi) is 3.49. The van der Waals surface area contributed by atoms with Crippen molar-refractivity contribution in [3.63, 3.8) is 0 Å². The summed E-state index contributed by atoms with van der Waals surface area (Å²) in [6.07, 6.45) is 0. The van der Waals surface area contributed by atoms with Crippen molar-refractivity contribution >= 4 is 22.1 Å². The number of benzene rings is 1. The highest BCUT2D eigenvalue weighted by atomic mass is 32.2. The highest BCUT2D eigenvalue weighted by molar-refractivity contribution is 7.85. The SMILES string of the molecule is O=C(O)C(C(=O)O)c1cccc(S(=O)(=O)O)c1. The molecule has 0 bridgehead atoms. The molecule has 0 aliphatic carbocycles. The number of hydrogen-bond donors (Lipinski definition) is 3. The maximum Gasteiger partial charge on any atom is 0.322 e. The summed E-state index contributed by atoms with van der Waals surface area (Å²) in [5, 5.41) is 17.4. The third-order valence-electron chi connectivity index (χ3n) is 1.98. The van der Waals surface area contributed by atoms with Crippen LogP contribution in [0.4, 0.5) is 0 Å². The first-order chi connectivity index (χ1) is 7.73. The summed E-state index contributed by atoms with van der Waals surface area (Å²) < 4.78 is 30.4. The average molecular weight is 260 g/mol. The lowest BCUT2D eigenvalue weighted by molar-refractivity contribution is -0.150. The first kappa shape index (κ1) is 13.1. The van der Waals surface area contributed by atoms with Crippen molar-refractivity contribution in [2.45, 2.75) is 10.8 Å². The van der Waals surface area contributed by atoms with Crippen LogP contribution < -0.4 is 0 Å². The minimum atomic E-state index is -4.50. The molecule has 1 aromatic rings. The summed E-state index contributed by atoms with van der Waals surface area (Å²) in [5.41, 5.74) is -0.236. The van der Waals surface area contributed by atoms with Crippen LogP contribution in [0.15, 0.2) is 29.2 Å². The van der Waals surface area contributed by atoms with Crippen LogP contribution in [0.1, 0.15) is 11.5 Å². The molecule has 7 nitrogen and oxygen atoms in total. The molecule has 1 aromatic carbocycles. The summed E-state index contributed by atoms with van der Waals surface area (Å²) in [4.78, 5) is 20.9. The van der Waals surface area contributed by atoms with E-state index in [9.17, 15) is 18.0 Å². The quantitative estimate of drug-likeness (QED) is 0.520. The molecule has 8 heteroatoms. The smallest absolute Gasteiger partial charge is 0.322 e. The molecule has 0 aliphatic heterocycles. The first-order valence-electron chi connectivity index (χ1n) is 4.26. The Morgan fingerprint density at radius 1 is 1.12 bits per heavy atom. The molecule has 0 aliphatic rings. The standard InChI is InChI=1S/C9H8O7S/c10-8(11)7(9(12)13)5-2-1-3-6(4-5)17(14,15)16/h1-4,7H,(H,10,11)(H,12,13)(H,14,15,16). The summed E-state index contributed by atoms with van der Waals surface area (Å²) in [6, 6.07) is 4.14. The second kappa shape index (κ2) is 4.52. The van der Waals surface area contributed by atoms with Crippen LogP contribution in [-0.4, -0.2) is 35.1 Å². The lowest BCUT2D eigenvalue weighted by Gasteiger charge is -2.08. The lowest BCUT2D eigenvalue weighted by Crippen LogP contribution is -2.21. The minimum absolute atomic E-state index is 0.236. The number of carboxylic acids is 2. The maximum absolute atomic E-state index is 10.8. The molecular weight excluding hydrogens is 252 g/mol. The van der Waals surface area contributed by atoms with Crippen molar-refractivity contribution < 1.29 is 32.8 Å². The first-order valence-corrected chi connectivity index (χ1v) is 5.70. The summed E-state index contributed by atoms with van der Waals surface area (Å²) >= 11 is 0. The summed E-state index contributed by atoms with van der Waals surface area (Å²) in [7, 11) is -4.50. The van der Waals surface area contributed by atoms with E-state index in [4.69, 9.17) is 14.8 Å². The molecular formula is C9H8O7S. The van der Waals surface area contributed by atoms with E-state index >= 15 is 0 Å². The van der Waals surface area contributed by atoms with Gasteiger partial charge in [-0.3, -0.25) is 14.1 Å². The number of rotatable bonds is 4. The van der Waals surface area contributed by atoms with Gasteiger partial charge in [0.05, 0.1) is 4.90 Å². The van der Waals surface area contributed by atoms with Crippen LogP contribution in [0, 0.1) is 0 Å². The Hall–Kier alpha value is -1.93. The van der Waals surface area contributed by atoms with Crippen molar-refractivity contribution in [3.8, 4) is 0 Å². The van der Waals surface area contributed by atoms with E-state index in [2.05, 4.69) is 0 Å². The summed E-state index contributed by atoms with van der Waals surface area (Å²) in [6.45, 7) is 0. The van der Waals surface area contributed by atoms with Gasteiger partial charge < -0.3 is 10.2 Å². The zero-order valence-electron chi connectivity index (χ0n) is 8.27. The normalized spacial score (nSPS) is 11.4. The van der Waals surface area contributed by atoms with Crippen LogP contribution in [0.5, 0.6) is 0 Å². The highest BCUT2D eigenvalue weighted by Gasteiger charge is 2.28. The Bertz CT molecular complexity index is 546. The monoisotopic (exact) mass is 260 g/mol. The largest absolute Gasteiger partial charge is 0.480 e. The average Bonchev–Trinajstić information content (AvgIpc) is 2.15. The molecule has 0 unspecified atom stereocenters. The van der Waals surface area contributed by atoms with E-state index in [1.165, 1.54) is 0 Å². The summed E-state index contributed by atoms with van der Waals surface area (Å²) in [5.74, 6) is -5.12. The van der Waals surface area contributed by atoms with Gasteiger partial charge in [0.15, 0.2) is 5.92 Å². The Balaban J connectivity index is 3.32. The Morgan fingerprint density at radius 3 is 2.06 bits per heavy atom. The van der Waals surface area contributed by atoms with Crippen molar-refractivity contribution in [1.82, 2.24) is 0 Å². The maximum atomic E-state index is 10.8. The lowest BCUT2D eigenvalue weighted by atomic mass is 10.00. The molecule has 1 rings (SSSR count). The molecule has 3 N–H and O–H groups in total. The van der Waals surface area contributed by atoms with Gasteiger partial charge in [0, 0.05) is 0 Å². The van der Waals surface area contributed by atoms with E-state index in [1.54, 1.807) is 0 Å². The predicted octanol–water partition coefficient (Wildman–Crippen LogP) is 0.186. The zero-order chi connectivity index (χ0) is 13.2. The van der Waals surface area contributed by atoms with E-state index < -0.39 is 32.9 Å². The van der Waals surface area contributed by atoms with Crippen LogP contribution >= 0.6 is 0 Å². The van der Waals surface area contributed by atoms with Gasteiger partial charge >= 0.3 is 11.9 Å². The molecule has 0 saturated heterocycles. The molecule has 0 radical (unpaired) electrons.